The average Bonchev–Trinajstić information content (AvgIpc) is 2.77. The van der Waals surface area contributed by atoms with Crippen molar-refractivity contribution in [2.45, 2.75) is 45.4 Å². The van der Waals surface area contributed by atoms with Gasteiger partial charge in [0.1, 0.15) is 0 Å². The summed E-state index contributed by atoms with van der Waals surface area (Å²) in [6.07, 6.45) is 0.757. The first kappa shape index (κ1) is 16.5. The van der Waals surface area contributed by atoms with Crippen molar-refractivity contribution in [3.8, 4) is 0 Å². The Bertz CT molecular complexity index is 569. The minimum absolute atomic E-state index is 0.160. The molecule has 0 amide bonds. The van der Waals surface area contributed by atoms with Crippen LogP contribution in [0.25, 0.3) is 0 Å². The second-order valence-electron chi connectivity index (χ2n) is 6.33. The van der Waals surface area contributed by atoms with Crippen molar-refractivity contribution >= 4 is 9.84 Å². The summed E-state index contributed by atoms with van der Waals surface area (Å²) < 4.78 is 23.1. The molecule has 0 aromatic heterocycles. The van der Waals surface area contributed by atoms with E-state index < -0.39 is 9.84 Å². The second-order valence-corrected chi connectivity index (χ2v) is 8.56. The van der Waals surface area contributed by atoms with Crippen LogP contribution in [-0.4, -0.2) is 44.0 Å². The molecule has 1 N–H and O–H groups in total. The van der Waals surface area contributed by atoms with Gasteiger partial charge in [-0.05, 0) is 24.6 Å². The Morgan fingerprint density at radius 2 is 2.05 bits per heavy atom. The van der Waals surface area contributed by atoms with Gasteiger partial charge in [0.2, 0.25) is 0 Å². The lowest BCUT2D eigenvalue weighted by Crippen LogP contribution is -2.32. The third-order valence-electron chi connectivity index (χ3n) is 3.97. The molecule has 5 heteroatoms. The summed E-state index contributed by atoms with van der Waals surface area (Å²) in [4.78, 5) is 2.17. The van der Waals surface area contributed by atoms with Crippen LogP contribution in [0.5, 0.6) is 0 Å². The third-order valence-corrected chi connectivity index (χ3v) is 5.72. The molecular weight excluding hydrogens is 284 g/mol. The lowest BCUT2D eigenvalue weighted by Gasteiger charge is -2.23. The van der Waals surface area contributed by atoms with Crippen molar-refractivity contribution < 1.29 is 8.42 Å². The van der Waals surface area contributed by atoms with E-state index in [4.69, 9.17) is 0 Å². The van der Waals surface area contributed by atoms with Gasteiger partial charge in [-0.2, -0.15) is 0 Å². The van der Waals surface area contributed by atoms with E-state index in [0.717, 1.165) is 19.5 Å². The Labute approximate surface area is 128 Å². The van der Waals surface area contributed by atoms with Crippen LogP contribution < -0.4 is 5.32 Å². The van der Waals surface area contributed by atoms with Gasteiger partial charge < -0.3 is 5.32 Å². The predicted octanol–water partition coefficient (Wildman–Crippen LogP) is 1.80. The first-order chi connectivity index (χ1) is 9.85. The van der Waals surface area contributed by atoms with Crippen LogP contribution in [0.2, 0.25) is 0 Å². The van der Waals surface area contributed by atoms with Crippen molar-refractivity contribution in [1.29, 1.82) is 0 Å². The highest BCUT2D eigenvalue weighted by Gasteiger charge is 2.30. The molecule has 1 aromatic rings. The summed E-state index contributed by atoms with van der Waals surface area (Å²) in [6.45, 7) is 5.94. The number of hydrogen-bond acceptors (Lipinski definition) is 4. The summed E-state index contributed by atoms with van der Waals surface area (Å²) >= 11 is 0. The zero-order valence-corrected chi connectivity index (χ0v) is 14.0. The SMILES string of the molecule is CC(C)NCc1cccc(CN(C)C2CCS(=O)(=O)C2)c1. The van der Waals surface area contributed by atoms with E-state index in [-0.39, 0.29) is 6.04 Å². The predicted molar refractivity (Wildman–Crippen MR) is 86.9 cm³/mol. The lowest BCUT2D eigenvalue weighted by atomic mass is 10.1. The Balaban J connectivity index is 1.94. The van der Waals surface area contributed by atoms with E-state index in [2.05, 4.69) is 48.3 Å². The minimum Gasteiger partial charge on any atom is -0.310 e. The molecule has 1 aromatic carbocycles. The van der Waals surface area contributed by atoms with Crippen molar-refractivity contribution in [1.82, 2.24) is 10.2 Å². The molecule has 118 valence electrons. The molecule has 2 rings (SSSR count). The molecular formula is C16H26N2O2S. The third kappa shape index (κ3) is 5.09. The molecule has 21 heavy (non-hydrogen) atoms. The zero-order valence-electron chi connectivity index (χ0n) is 13.2. The maximum atomic E-state index is 11.6. The fourth-order valence-electron chi connectivity index (χ4n) is 2.70. The largest absolute Gasteiger partial charge is 0.310 e. The van der Waals surface area contributed by atoms with E-state index in [1.807, 2.05) is 7.05 Å². The smallest absolute Gasteiger partial charge is 0.151 e. The summed E-state index contributed by atoms with van der Waals surface area (Å²) in [7, 11) is -0.792. The molecule has 0 saturated carbocycles. The molecule has 0 bridgehead atoms. The molecule has 1 saturated heterocycles. The minimum atomic E-state index is -2.81. The summed E-state index contributed by atoms with van der Waals surface area (Å²) in [6, 6.07) is 9.14. The standard InChI is InChI=1S/C16H26N2O2S/c1-13(2)17-10-14-5-4-6-15(9-14)11-18(3)16-7-8-21(19,20)12-16/h4-6,9,13,16-17H,7-8,10-12H2,1-3H3. The Morgan fingerprint density at radius 1 is 1.33 bits per heavy atom. The zero-order chi connectivity index (χ0) is 15.5. The van der Waals surface area contributed by atoms with E-state index >= 15 is 0 Å². The summed E-state index contributed by atoms with van der Waals surface area (Å²) in [5.74, 6) is 0.637. The van der Waals surface area contributed by atoms with Gasteiger partial charge in [0.25, 0.3) is 0 Å². The van der Waals surface area contributed by atoms with Gasteiger partial charge in [-0.3, -0.25) is 4.90 Å². The number of nitrogens with zero attached hydrogens (tertiary/aromatic N) is 1. The van der Waals surface area contributed by atoms with Crippen molar-refractivity contribution in [3.05, 3.63) is 35.4 Å². The van der Waals surface area contributed by atoms with Gasteiger partial charge in [0.15, 0.2) is 9.84 Å². The lowest BCUT2D eigenvalue weighted by molar-refractivity contribution is 0.254. The van der Waals surface area contributed by atoms with Crippen LogP contribution >= 0.6 is 0 Å². The quantitative estimate of drug-likeness (QED) is 0.870. The summed E-state index contributed by atoms with van der Waals surface area (Å²) in [5.41, 5.74) is 2.51. The number of rotatable bonds is 6. The van der Waals surface area contributed by atoms with E-state index in [9.17, 15) is 8.42 Å². The topological polar surface area (TPSA) is 49.4 Å². The van der Waals surface area contributed by atoms with Crippen LogP contribution in [0.3, 0.4) is 0 Å². The van der Waals surface area contributed by atoms with E-state index in [1.165, 1.54) is 11.1 Å². The van der Waals surface area contributed by atoms with Gasteiger partial charge in [-0.1, -0.05) is 38.1 Å². The number of nitrogens with one attached hydrogen (secondary N) is 1. The van der Waals surface area contributed by atoms with Crippen molar-refractivity contribution in [3.63, 3.8) is 0 Å². The fraction of sp³-hybridized carbons (Fsp3) is 0.625. The van der Waals surface area contributed by atoms with E-state index in [1.54, 1.807) is 0 Å². The molecule has 1 heterocycles. The van der Waals surface area contributed by atoms with Crippen molar-refractivity contribution in [2.75, 3.05) is 18.6 Å². The normalized spacial score (nSPS) is 21.3. The summed E-state index contributed by atoms with van der Waals surface area (Å²) in [5, 5.41) is 3.42. The highest BCUT2D eigenvalue weighted by molar-refractivity contribution is 7.91. The molecule has 1 atom stereocenters. The Morgan fingerprint density at radius 3 is 2.67 bits per heavy atom. The molecule has 0 aliphatic carbocycles. The van der Waals surface area contributed by atoms with Gasteiger partial charge in [0, 0.05) is 25.2 Å². The van der Waals surface area contributed by atoms with Crippen LogP contribution in [0.1, 0.15) is 31.4 Å². The molecule has 4 nitrogen and oxygen atoms in total. The van der Waals surface area contributed by atoms with Crippen LogP contribution in [0, 0.1) is 0 Å². The Kier molecular flexibility index (Phi) is 5.41. The Hall–Kier alpha value is -0.910. The first-order valence-electron chi connectivity index (χ1n) is 7.57. The van der Waals surface area contributed by atoms with Gasteiger partial charge in [-0.15, -0.1) is 0 Å². The molecule has 1 unspecified atom stereocenters. The molecule has 1 aliphatic heterocycles. The highest BCUT2D eigenvalue weighted by Crippen LogP contribution is 2.18. The molecule has 0 spiro atoms. The maximum absolute atomic E-state index is 11.6. The van der Waals surface area contributed by atoms with E-state index in [0.29, 0.717) is 17.5 Å². The van der Waals surface area contributed by atoms with Crippen LogP contribution in [-0.2, 0) is 22.9 Å². The monoisotopic (exact) mass is 310 g/mol. The number of hydrogen-bond donors (Lipinski definition) is 1. The van der Waals surface area contributed by atoms with Crippen LogP contribution in [0.4, 0.5) is 0 Å². The van der Waals surface area contributed by atoms with Gasteiger partial charge in [-0.25, -0.2) is 8.42 Å². The highest BCUT2D eigenvalue weighted by atomic mass is 32.2. The fourth-order valence-corrected chi connectivity index (χ4v) is 4.51. The molecule has 1 fully saturated rings. The number of benzene rings is 1. The van der Waals surface area contributed by atoms with Crippen LogP contribution in [0.15, 0.2) is 24.3 Å². The number of sulfone groups is 1. The molecule has 0 radical (unpaired) electrons. The average molecular weight is 310 g/mol. The molecule has 1 aliphatic rings. The van der Waals surface area contributed by atoms with Gasteiger partial charge >= 0.3 is 0 Å². The first-order valence-corrected chi connectivity index (χ1v) is 9.40. The maximum Gasteiger partial charge on any atom is 0.151 e. The van der Waals surface area contributed by atoms with Crippen molar-refractivity contribution in [2.24, 2.45) is 0 Å². The van der Waals surface area contributed by atoms with Gasteiger partial charge in [0.05, 0.1) is 11.5 Å². The second kappa shape index (κ2) is 6.90.